The van der Waals surface area contributed by atoms with Gasteiger partial charge >= 0.3 is 0 Å². The molecule has 24 heavy (non-hydrogen) atoms. The first-order valence-corrected chi connectivity index (χ1v) is 7.72. The Bertz CT molecular complexity index is 841. The van der Waals surface area contributed by atoms with Crippen LogP contribution in [0.2, 0.25) is 0 Å². The molecule has 0 bridgehead atoms. The maximum atomic E-state index is 13.1. The number of amides is 1. The van der Waals surface area contributed by atoms with Crippen LogP contribution in [0.3, 0.4) is 0 Å². The van der Waals surface area contributed by atoms with Gasteiger partial charge in [-0.3, -0.25) is 4.79 Å². The van der Waals surface area contributed by atoms with Crippen molar-refractivity contribution in [3.05, 3.63) is 83.4 Å². The first-order chi connectivity index (χ1) is 11.6. The Morgan fingerprint density at radius 3 is 2.46 bits per heavy atom. The number of benzene rings is 2. The predicted molar refractivity (Wildman–Crippen MR) is 90.6 cm³/mol. The van der Waals surface area contributed by atoms with Crippen LogP contribution < -0.4 is 5.32 Å². The summed E-state index contributed by atoms with van der Waals surface area (Å²) in [6.45, 7) is 3.84. The summed E-state index contributed by atoms with van der Waals surface area (Å²) in [5, 5.41) is 7.33. The topological polar surface area (TPSA) is 46.9 Å². The molecule has 4 nitrogen and oxygen atoms in total. The van der Waals surface area contributed by atoms with E-state index in [1.165, 1.54) is 12.1 Å². The summed E-state index contributed by atoms with van der Waals surface area (Å²) in [5.41, 5.74) is 3.22. The van der Waals surface area contributed by atoms with Crippen molar-refractivity contribution in [2.45, 2.75) is 19.9 Å². The van der Waals surface area contributed by atoms with Gasteiger partial charge in [0.2, 0.25) is 0 Å². The molecule has 1 heterocycles. The SMILES string of the molecule is Cc1c(C(C)NC(=O)c2ccccc2)cnn1-c1ccc(F)cc1. The van der Waals surface area contributed by atoms with Crippen LogP contribution in [0, 0.1) is 12.7 Å². The zero-order chi connectivity index (χ0) is 17.1. The van der Waals surface area contributed by atoms with Crippen molar-refractivity contribution in [1.82, 2.24) is 15.1 Å². The fraction of sp³-hybridized carbons (Fsp3) is 0.158. The lowest BCUT2D eigenvalue weighted by molar-refractivity contribution is 0.0940. The molecule has 1 aromatic heterocycles. The number of carbonyl (C=O) groups is 1. The largest absolute Gasteiger partial charge is 0.345 e. The minimum Gasteiger partial charge on any atom is -0.345 e. The van der Waals surface area contributed by atoms with Crippen LogP contribution in [0.1, 0.15) is 34.6 Å². The zero-order valence-corrected chi connectivity index (χ0v) is 13.5. The average molecular weight is 323 g/mol. The molecule has 3 rings (SSSR count). The number of hydrogen-bond donors (Lipinski definition) is 1. The molecule has 3 aromatic rings. The molecule has 0 spiro atoms. The van der Waals surface area contributed by atoms with Gasteiger partial charge < -0.3 is 5.32 Å². The van der Waals surface area contributed by atoms with Crippen LogP contribution >= 0.6 is 0 Å². The number of halogens is 1. The fourth-order valence-corrected chi connectivity index (χ4v) is 2.64. The molecule has 0 radical (unpaired) electrons. The van der Waals surface area contributed by atoms with Crippen molar-refractivity contribution in [2.24, 2.45) is 0 Å². The van der Waals surface area contributed by atoms with E-state index in [2.05, 4.69) is 10.4 Å². The summed E-state index contributed by atoms with van der Waals surface area (Å²) in [5.74, 6) is -0.413. The molecule has 0 aliphatic rings. The number of carbonyl (C=O) groups excluding carboxylic acids is 1. The van der Waals surface area contributed by atoms with Gasteiger partial charge in [-0.2, -0.15) is 5.10 Å². The van der Waals surface area contributed by atoms with E-state index in [1.54, 1.807) is 35.1 Å². The summed E-state index contributed by atoms with van der Waals surface area (Å²) >= 11 is 0. The van der Waals surface area contributed by atoms with Gasteiger partial charge in [-0.25, -0.2) is 9.07 Å². The minimum atomic E-state index is -0.285. The van der Waals surface area contributed by atoms with Crippen LogP contribution in [0.15, 0.2) is 60.8 Å². The Morgan fingerprint density at radius 2 is 1.79 bits per heavy atom. The Kier molecular flexibility index (Phi) is 4.42. The number of hydrogen-bond acceptors (Lipinski definition) is 2. The number of aromatic nitrogens is 2. The predicted octanol–water partition coefficient (Wildman–Crippen LogP) is 3.81. The van der Waals surface area contributed by atoms with Crippen LogP contribution in [0.25, 0.3) is 5.69 Å². The summed E-state index contributed by atoms with van der Waals surface area (Å²) < 4.78 is 14.8. The molecule has 1 N–H and O–H groups in total. The van der Waals surface area contributed by atoms with Gasteiger partial charge in [-0.05, 0) is 50.2 Å². The van der Waals surface area contributed by atoms with Gasteiger partial charge in [-0.15, -0.1) is 0 Å². The zero-order valence-electron chi connectivity index (χ0n) is 13.5. The van der Waals surface area contributed by atoms with Crippen molar-refractivity contribution >= 4 is 5.91 Å². The number of nitrogens with zero attached hydrogens (tertiary/aromatic N) is 2. The van der Waals surface area contributed by atoms with Crippen molar-refractivity contribution in [2.75, 3.05) is 0 Å². The molecule has 1 atom stereocenters. The molecule has 0 aliphatic heterocycles. The standard InChI is InChI=1S/C19H18FN3O/c1-13(22-19(24)15-6-4-3-5-7-15)18-12-21-23(14(18)2)17-10-8-16(20)9-11-17/h3-13H,1-2H3,(H,22,24). The molecule has 1 unspecified atom stereocenters. The molecule has 1 amide bonds. The first kappa shape index (κ1) is 15.9. The molecular weight excluding hydrogens is 305 g/mol. The third kappa shape index (κ3) is 3.20. The van der Waals surface area contributed by atoms with E-state index < -0.39 is 0 Å². The van der Waals surface area contributed by atoms with E-state index in [4.69, 9.17) is 0 Å². The van der Waals surface area contributed by atoms with E-state index in [1.807, 2.05) is 32.0 Å². The lowest BCUT2D eigenvalue weighted by Gasteiger charge is -2.14. The molecule has 122 valence electrons. The van der Waals surface area contributed by atoms with Crippen molar-refractivity contribution in [3.63, 3.8) is 0 Å². The Hall–Kier alpha value is -2.95. The molecule has 0 saturated heterocycles. The second-order valence-corrected chi connectivity index (χ2v) is 5.63. The van der Waals surface area contributed by atoms with Crippen molar-refractivity contribution in [3.8, 4) is 5.69 Å². The summed E-state index contributed by atoms with van der Waals surface area (Å²) in [7, 11) is 0. The number of rotatable bonds is 4. The van der Waals surface area contributed by atoms with Gasteiger partial charge in [0.05, 0.1) is 17.9 Å². The van der Waals surface area contributed by atoms with E-state index in [0.29, 0.717) is 5.56 Å². The normalized spacial score (nSPS) is 12.0. The number of nitrogens with one attached hydrogen (secondary N) is 1. The molecular formula is C19H18FN3O. The Morgan fingerprint density at radius 1 is 1.12 bits per heavy atom. The van der Waals surface area contributed by atoms with Gasteiger partial charge in [-0.1, -0.05) is 18.2 Å². The lowest BCUT2D eigenvalue weighted by Crippen LogP contribution is -2.26. The van der Waals surface area contributed by atoms with Crippen LogP contribution in [-0.2, 0) is 0 Å². The Labute approximate surface area is 139 Å². The van der Waals surface area contributed by atoms with E-state index >= 15 is 0 Å². The van der Waals surface area contributed by atoms with Crippen LogP contribution in [-0.4, -0.2) is 15.7 Å². The molecule has 2 aromatic carbocycles. The second kappa shape index (κ2) is 6.66. The van der Waals surface area contributed by atoms with Crippen molar-refractivity contribution in [1.29, 1.82) is 0 Å². The smallest absolute Gasteiger partial charge is 0.251 e. The molecule has 0 aliphatic carbocycles. The third-order valence-corrected chi connectivity index (χ3v) is 3.97. The highest BCUT2D eigenvalue weighted by molar-refractivity contribution is 5.94. The van der Waals surface area contributed by atoms with Gasteiger partial charge in [0.1, 0.15) is 5.82 Å². The van der Waals surface area contributed by atoms with Crippen LogP contribution in [0.5, 0.6) is 0 Å². The maximum Gasteiger partial charge on any atom is 0.251 e. The minimum absolute atomic E-state index is 0.128. The third-order valence-electron chi connectivity index (χ3n) is 3.97. The average Bonchev–Trinajstić information content (AvgIpc) is 2.98. The monoisotopic (exact) mass is 323 g/mol. The highest BCUT2D eigenvalue weighted by Gasteiger charge is 2.17. The van der Waals surface area contributed by atoms with Gasteiger partial charge in [0, 0.05) is 16.8 Å². The van der Waals surface area contributed by atoms with E-state index in [-0.39, 0.29) is 17.8 Å². The Balaban J connectivity index is 1.80. The van der Waals surface area contributed by atoms with Gasteiger partial charge in [0.25, 0.3) is 5.91 Å². The second-order valence-electron chi connectivity index (χ2n) is 5.63. The van der Waals surface area contributed by atoms with Crippen molar-refractivity contribution < 1.29 is 9.18 Å². The highest BCUT2D eigenvalue weighted by Crippen LogP contribution is 2.20. The van der Waals surface area contributed by atoms with Crippen LogP contribution in [0.4, 0.5) is 4.39 Å². The molecule has 0 fully saturated rings. The first-order valence-electron chi connectivity index (χ1n) is 7.72. The summed E-state index contributed by atoms with van der Waals surface area (Å²) in [6.07, 6.45) is 1.73. The van der Waals surface area contributed by atoms with E-state index in [9.17, 15) is 9.18 Å². The lowest BCUT2D eigenvalue weighted by atomic mass is 10.1. The highest BCUT2D eigenvalue weighted by atomic mass is 19.1. The molecule has 0 saturated carbocycles. The summed E-state index contributed by atoms with van der Waals surface area (Å²) in [6, 6.07) is 15.0. The maximum absolute atomic E-state index is 13.1. The quantitative estimate of drug-likeness (QED) is 0.793. The summed E-state index contributed by atoms with van der Waals surface area (Å²) in [4.78, 5) is 12.3. The van der Waals surface area contributed by atoms with Gasteiger partial charge in [0.15, 0.2) is 0 Å². The fourth-order valence-electron chi connectivity index (χ4n) is 2.64. The van der Waals surface area contributed by atoms with E-state index in [0.717, 1.165) is 16.9 Å². The molecule has 5 heteroatoms.